The van der Waals surface area contributed by atoms with Crippen LogP contribution in [0.2, 0.25) is 5.15 Å². The fourth-order valence-electron chi connectivity index (χ4n) is 2.55. The molecule has 0 radical (unpaired) electrons. The number of rotatable bonds is 5. The van der Waals surface area contributed by atoms with Crippen molar-refractivity contribution >= 4 is 33.7 Å². The molecule has 2 rings (SSSR count). The smallest absolute Gasteiger partial charge is 0.162 e. The zero-order chi connectivity index (χ0) is 17.0. The van der Waals surface area contributed by atoms with E-state index in [1.807, 2.05) is 45.1 Å². The van der Waals surface area contributed by atoms with Crippen LogP contribution >= 0.6 is 11.6 Å². The maximum Gasteiger partial charge on any atom is 0.162 e. The molecule has 0 aliphatic carbocycles. The molecule has 3 heteroatoms. The molecule has 0 fully saturated rings. The molecule has 118 valence electrons. The van der Waals surface area contributed by atoms with E-state index in [-0.39, 0.29) is 5.78 Å². The van der Waals surface area contributed by atoms with E-state index in [2.05, 4.69) is 23.7 Å². The maximum absolute atomic E-state index is 11.7. The van der Waals surface area contributed by atoms with E-state index in [4.69, 9.17) is 11.6 Å². The molecule has 0 atom stereocenters. The number of allylic oxidation sites excluding steroid dienone is 5. The van der Waals surface area contributed by atoms with Gasteiger partial charge in [0, 0.05) is 23.6 Å². The molecule has 0 aliphatic heterocycles. The summed E-state index contributed by atoms with van der Waals surface area (Å²) in [7, 11) is 0. The van der Waals surface area contributed by atoms with Gasteiger partial charge in [0.2, 0.25) is 0 Å². The normalized spacial score (nSPS) is 12.5. The van der Waals surface area contributed by atoms with Crippen LogP contribution in [0.25, 0.3) is 16.3 Å². The van der Waals surface area contributed by atoms with Crippen molar-refractivity contribution < 1.29 is 4.79 Å². The molecule has 23 heavy (non-hydrogen) atoms. The fraction of sp³-hybridized carbons (Fsp3) is 0.200. The maximum atomic E-state index is 11.7. The lowest BCUT2D eigenvalue weighted by atomic mass is 9.95. The summed E-state index contributed by atoms with van der Waals surface area (Å²) in [5, 5.41) is 2.57. The zero-order valence-electron chi connectivity index (χ0n) is 13.7. The van der Waals surface area contributed by atoms with Crippen molar-refractivity contribution in [3.63, 3.8) is 0 Å². The number of aromatic nitrogens is 1. The molecule has 1 heterocycles. The first-order chi connectivity index (χ1) is 11.0. The number of benzene rings is 1. The van der Waals surface area contributed by atoms with E-state index in [1.165, 1.54) is 0 Å². The van der Waals surface area contributed by atoms with Crippen molar-refractivity contribution in [2.75, 3.05) is 0 Å². The Morgan fingerprint density at radius 2 is 2.04 bits per heavy atom. The highest BCUT2D eigenvalue weighted by Gasteiger charge is 2.08. The Morgan fingerprint density at radius 1 is 1.30 bits per heavy atom. The third-order valence-electron chi connectivity index (χ3n) is 3.78. The number of pyridine rings is 1. The van der Waals surface area contributed by atoms with Gasteiger partial charge in [0.25, 0.3) is 0 Å². The number of carbonyl (C=O) groups is 1. The number of hydrogen-bond acceptors (Lipinski definition) is 2. The first-order valence-corrected chi connectivity index (χ1v) is 7.96. The van der Waals surface area contributed by atoms with Gasteiger partial charge in [-0.05, 0) is 54.2 Å². The van der Waals surface area contributed by atoms with Gasteiger partial charge in [0.05, 0.1) is 0 Å². The minimum absolute atomic E-state index is 0.0668. The van der Waals surface area contributed by atoms with Gasteiger partial charge in [-0.3, -0.25) is 4.79 Å². The van der Waals surface area contributed by atoms with Crippen molar-refractivity contribution in [3.05, 3.63) is 71.1 Å². The van der Waals surface area contributed by atoms with Gasteiger partial charge >= 0.3 is 0 Å². The van der Waals surface area contributed by atoms with Crippen LogP contribution in [0, 0.1) is 0 Å². The summed E-state index contributed by atoms with van der Waals surface area (Å²) in [6.45, 7) is 9.68. The third kappa shape index (κ3) is 3.96. The Bertz CT molecular complexity index is 831. The Balaban J connectivity index is 2.41. The highest BCUT2D eigenvalue weighted by Crippen LogP contribution is 2.27. The summed E-state index contributed by atoms with van der Waals surface area (Å²) in [4.78, 5) is 15.9. The number of nitrogens with zero attached hydrogens (tertiary/aromatic N) is 1. The summed E-state index contributed by atoms with van der Waals surface area (Å²) in [6, 6.07) is 8.01. The molecule has 0 unspecified atom stereocenters. The number of halogens is 1. The standard InChI is InChI=1S/C20H20ClNO/c1-5-18(13(3)9-14(4)19(23)6-2)16-8-7-15-11-20(21)22-12-17(15)10-16/h5,7-12H,4,6H2,1-3H3/b13-9-,18-5+. The molecule has 0 amide bonds. The number of fused-ring (bicyclic) bond motifs is 1. The van der Waals surface area contributed by atoms with Crippen LogP contribution in [0.5, 0.6) is 0 Å². The molecular weight excluding hydrogens is 306 g/mol. The largest absolute Gasteiger partial charge is 0.294 e. The second kappa shape index (κ2) is 7.38. The summed E-state index contributed by atoms with van der Waals surface area (Å²) in [6.07, 6.45) is 6.13. The third-order valence-corrected chi connectivity index (χ3v) is 3.99. The lowest BCUT2D eigenvalue weighted by molar-refractivity contribution is -0.114. The highest BCUT2D eigenvalue weighted by atomic mass is 35.5. The molecule has 0 aliphatic rings. The molecule has 2 aromatic rings. The van der Waals surface area contributed by atoms with Crippen molar-refractivity contribution in [1.82, 2.24) is 4.98 Å². The molecular formula is C20H20ClNO. The number of carbonyl (C=O) groups excluding carboxylic acids is 1. The molecule has 0 saturated carbocycles. The molecule has 0 saturated heterocycles. The van der Waals surface area contributed by atoms with E-state index in [1.54, 1.807) is 6.20 Å². The topological polar surface area (TPSA) is 30.0 Å². The van der Waals surface area contributed by atoms with Crippen LogP contribution in [-0.2, 0) is 4.79 Å². The lowest BCUT2D eigenvalue weighted by Gasteiger charge is -2.10. The number of hydrogen-bond donors (Lipinski definition) is 0. The van der Waals surface area contributed by atoms with Gasteiger partial charge in [-0.2, -0.15) is 0 Å². The lowest BCUT2D eigenvalue weighted by Crippen LogP contribution is -1.97. The molecule has 0 N–H and O–H groups in total. The van der Waals surface area contributed by atoms with Gasteiger partial charge < -0.3 is 0 Å². The SMILES string of the molecule is C=C(/C=C(C)\C(=C/C)c1ccc2cc(Cl)ncc2c1)C(=O)CC. The Kier molecular flexibility index (Phi) is 5.51. The van der Waals surface area contributed by atoms with Crippen LogP contribution in [0.4, 0.5) is 0 Å². The quantitative estimate of drug-likeness (QED) is 0.396. The predicted octanol–water partition coefficient (Wildman–Crippen LogP) is 5.77. The molecule has 2 nitrogen and oxygen atoms in total. The van der Waals surface area contributed by atoms with E-state index in [0.29, 0.717) is 17.1 Å². The Hall–Kier alpha value is -2.19. The fourth-order valence-corrected chi connectivity index (χ4v) is 2.72. The van der Waals surface area contributed by atoms with Gasteiger partial charge in [-0.1, -0.05) is 43.3 Å². The van der Waals surface area contributed by atoms with Gasteiger partial charge in [-0.15, -0.1) is 0 Å². The summed E-state index contributed by atoms with van der Waals surface area (Å²) in [5.74, 6) is 0.0668. The van der Waals surface area contributed by atoms with Crippen LogP contribution < -0.4 is 0 Å². The van der Waals surface area contributed by atoms with E-state index in [9.17, 15) is 4.79 Å². The van der Waals surface area contributed by atoms with Crippen LogP contribution in [0.1, 0.15) is 32.8 Å². The molecule has 1 aromatic carbocycles. The van der Waals surface area contributed by atoms with E-state index in [0.717, 1.165) is 27.5 Å². The molecule has 0 bridgehead atoms. The van der Waals surface area contributed by atoms with E-state index < -0.39 is 0 Å². The monoisotopic (exact) mass is 325 g/mol. The van der Waals surface area contributed by atoms with Crippen molar-refractivity contribution in [2.24, 2.45) is 0 Å². The number of Topliss-reactive ketones (excluding diaryl/α,β-unsaturated/α-hetero) is 1. The van der Waals surface area contributed by atoms with Gasteiger partial charge in [-0.25, -0.2) is 4.98 Å². The van der Waals surface area contributed by atoms with E-state index >= 15 is 0 Å². The summed E-state index contributed by atoms with van der Waals surface area (Å²) >= 11 is 5.93. The predicted molar refractivity (Wildman–Crippen MR) is 98.6 cm³/mol. The Morgan fingerprint density at radius 3 is 2.70 bits per heavy atom. The van der Waals surface area contributed by atoms with Crippen LogP contribution in [-0.4, -0.2) is 10.8 Å². The first kappa shape index (κ1) is 17.2. The first-order valence-electron chi connectivity index (χ1n) is 7.59. The highest BCUT2D eigenvalue weighted by molar-refractivity contribution is 6.30. The van der Waals surface area contributed by atoms with Gasteiger partial charge in [0.15, 0.2) is 5.78 Å². The molecule has 1 aromatic heterocycles. The van der Waals surface area contributed by atoms with Crippen LogP contribution in [0.3, 0.4) is 0 Å². The average Bonchev–Trinajstić information content (AvgIpc) is 2.54. The van der Waals surface area contributed by atoms with Crippen molar-refractivity contribution in [1.29, 1.82) is 0 Å². The van der Waals surface area contributed by atoms with Gasteiger partial charge in [0.1, 0.15) is 5.15 Å². The molecule has 0 spiro atoms. The second-order valence-electron chi connectivity index (χ2n) is 5.40. The van der Waals surface area contributed by atoms with Crippen molar-refractivity contribution in [3.8, 4) is 0 Å². The minimum atomic E-state index is 0.0668. The second-order valence-corrected chi connectivity index (χ2v) is 5.79. The van der Waals surface area contributed by atoms with Crippen molar-refractivity contribution in [2.45, 2.75) is 27.2 Å². The zero-order valence-corrected chi connectivity index (χ0v) is 14.4. The summed E-state index contributed by atoms with van der Waals surface area (Å²) in [5.41, 5.74) is 3.71. The average molecular weight is 326 g/mol. The number of ketones is 1. The summed E-state index contributed by atoms with van der Waals surface area (Å²) < 4.78 is 0. The van der Waals surface area contributed by atoms with Crippen LogP contribution in [0.15, 0.2) is 60.3 Å². The Labute approximate surface area is 142 Å². The minimum Gasteiger partial charge on any atom is -0.294 e.